The lowest BCUT2D eigenvalue weighted by Crippen LogP contribution is -2.51. The zero-order valence-corrected chi connectivity index (χ0v) is 9.89. The molecule has 0 saturated heterocycles. The Labute approximate surface area is 86.5 Å². The molecule has 0 bridgehead atoms. The van der Waals surface area contributed by atoms with E-state index in [2.05, 4.69) is 6.92 Å². The van der Waals surface area contributed by atoms with E-state index in [1.165, 1.54) is 18.7 Å². The van der Waals surface area contributed by atoms with Crippen LogP contribution in [0.5, 0.6) is 0 Å². The molecular weight excluding hydrogens is 178 g/mol. The maximum Gasteiger partial charge on any atom is 0.226 e. The fourth-order valence-electron chi connectivity index (χ4n) is 1.97. The third kappa shape index (κ3) is 2.82. The van der Waals surface area contributed by atoms with Gasteiger partial charge in [-0.3, -0.25) is 14.5 Å². The average Bonchev–Trinajstić information content (AvgIpc) is 2.03. The first-order valence-electron chi connectivity index (χ1n) is 5.20. The van der Waals surface area contributed by atoms with Crippen LogP contribution in [0.2, 0.25) is 0 Å². The summed E-state index contributed by atoms with van der Waals surface area (Å²) < 4.78 is 0. The van der Waals surface area contributed by atoms with Gasteiger partial charge in [0, 0.05) is 19.4 Å². The van der Waals surface area contributed by atoms with E-state index in [1.54, 1.807) is 0 Å². The Morgan fingerprint density at radius 2 is 1.57 bits per heavy atom. The second-order valence-electron chi connectivity index (χ2n) is 3.97. The Morgan fingerprint density at radius 1 is 1.14 bits per heavy atom. The number of nitrogens with zero attached hydrogens (tertiary/aromatic N) is 1. The van der Waals surface area contributed by atoms with Crippen molar-refractivity contribution in [1.82, 2.24) is 4.90 Å². The van der Waals surface area contributed by atoms with E-state index in [0.717, 1.165) is 19.3 Å². The van der Waals surface area contributed by atoms with Crippen LogP contribution in [-0.2, 0) is 9.59 Å². The molecule has 0 saturated carbocycles. The SMILES string of the molecule is CCCC(C)(CC)N(C(C)=O)C(C)=O. The third-order valence-electron chi connectivity index (χ3n) is 2.72. The van der Waals surface area contributed by atoms with E-state index >= 15 is 0 Å². The summed E-state index contributed by atoms with van der Waals surface area (Å²) in [5.74, 6) is -0.314. The number of amides is 2. The van der Waals surface area contributed by atoms with Crippen molar-refractivity contribution in [3.63, 3.8) is 0 Å². The maximum atomic E-state index is 11.4. The summed E-state index contributed by atoms with van der Waals surface area (Å²) in [5, 5.41) is 0. The number of imide groups is 1. The highest BCUT2D eigenvalue weighted by molar-refractivity contribution is 5.93. The largest absolute Gasteiger partial charge is 0.277 e. The summed E-state index contributed by atoms with van der Waals surface area (Å²) in [6.07, 6.45) is 2.64. The van der Waals surface area contributed by atoms with Gasteiger partial charge in [0.15, 0.2) is 0 Å². The molecule has 0 aromatic heterocycles. The molecule has 14 heavy (non-hydrogen) atoms. The normalized spacial score (nSPS) is 14.6. The summed E-state index contributed by atoms with van der Waals surface area (Å²) in [4.78, 5) is 24.1. The number of carbonyl (C=O) groups excluding carboxylic acids is 2. The van der Waals surface area contributed by atoms with Gasteiger partial charge in [-0.15, -0.1) is 0 Å². The molecule has 0 spiro atoms. The van der Waals surface area contributed by atoms with Crippen molar-refractivity contribution >= 4 is 11.8 Å². The first-order chi connectivity index (χ1) is 6.39. The smallest absolute Gasteiger partial charge is 0.226 e. The molecule has 3 heteroatoms. The monoisotopic (exact) mass is 199 g/mol. The van der Waals surface area contributed by atoms with Crippen molar-refractivity contribution in [2.45, 2.75) is 59.4 Å². The molecule has 1 atom stereocenters. The van der Waals surface area contributed by atoms with Gasteiger partial charge >= 0.3 is 0 Å². The molecule has 0 aromatic rings. The van der Waals surface area contributed by atoms with Gasteiger partial charge in [-0.1, -0.05) is 20.3 Å². The van der Waals surface area contributed by atoms with Crippen LogP contribution >= 0.6 is 0 Å². The van der Waals surface area contributed by atoms with E-state index in [0.29, 0.717) is 0 Å². The van der Waals surface area contributed by atoms with Gasteiger partial charge in [0.1, 0.15) is 0 Å². The average molecular weight is 199 g/mol. The zero-order valence-electron chi connectivity index (χ0n) is 9.89. The Morgan fingerprint density at radius 3 is 1.79 bits per heavy atom. The number of hydrogen-bond acceptors (Lipinski definition) is 2. The Kier molecular flexibility index (Phi) is 4.81. The van der Waals surface area contributed by atoms with Crippen molar-refractivity contribution in [3.05, 3.63) is 0 Å². The van der Waals surface area contributed by atoms with Crippen molar-refractivity contribution < 1.29 is 9.59 Å². The minimum atomic E-state index is -0.313. The van der Waals surface area contributed by atoms with E-state index in [1.807, 2.05) is 13.8 Å². The molecule has 0 aliphatic heterocycles. The fraction of sp³-hybridized carbons (Fsp3) is 0.818. The highest BCUT2D eigenvalue weighted by atomic mass is 16.2. The van der Waals surface area contributed by atoms with Crippen LogP contribution in [0.15, 0.2) is 0 Å². The fourth-order valence-corrected chi connectivity index (χ4v) is 1.97. The molecule has 82 valence electrons. The summed E-state index contributed by atoms with van der Waals surface area (Å²) in [6, 6.07) is 0. The molecule has 0 aliphatic rings. The molecule has 3 nitrogen and oxygen atoms in total. The number of hydrogen-bond donors (Lipinski definition) is 0. The molecule has 0 heterocycles. The van der Waals surface area contributed by atoms with Gasteiger partial charge in [0.05, 0.1) is 0 Å². The lowest BCUT2D eigenvalue weighted by atomic mass is 9.90. The highest BCUT2D eigenvalue weighted by Crippen LogP contribution is 2.25. The van der Waals surface area contributed by atoms with Crippen molar-refractivity contribution in [3.8, 4) is 0 Å². The first kappa shape index (κ1) is 13.1. The van der Waals surface area contributed by atoms with E-state index in [4.69, 9.17) is 0 Å². The van der Waals surface area contributed by atoms with Crippen LogP contribution < -0.4 is 0 Å². The summed E-state index contributed by atoms with van der Waals surface area (Å²) in [5.41, 5.74) is -0.313. The second-order valence-corrected chi connectivity index (χ2v) is 3.97. The van der Waals surface area contributed by atoms with Gasteiger partial charge in [0.2, 0.25) is 11.8 Å². The molecule has 0 radical (unpaired) electrons. The molecule has 1 unspecified atom stereocenters. The van der Waals surface area contributed by atoms with Gasteiger partial charge in [-0.05, 0) is 19.8 Å². The van der Waals surface area contributed by atoms with Crippen LogP contribution in [0.25, 0.3) is 0 Å². The maximum absolute atomic E-state index is 11.4. The van der Waals surface area contributed by atoms with Crippen LogP contribution in [0.1, 0.15) is 53.9 Å². The summed E-state index contributed by atoms with van der Waals surface area (Å²) in [7, 11) is 0. The molecule has 0 N–H and O–H groups in total. The van der Waals surface area contributed by atoms with Crippen LogP contribution in [0.4, 0.5) is 0 Å². The molecule has 2 amide bonds. The quantitative estimate of drug-likeness (QED) is 0.697. The van der Waals surface area contributed by atoms with Gasteiger partial charge in [-0.25, -0.2) is 0 Å². The summed E-state index contributed by atoms with van der Waals surface area (Å²) in [6.45, 7) is 8.94. The number of carbonyl (C=O) groups is 2. The minimum Gasteiger partial charge on any atom is -0.277 e. The Bertz CT molecular complexity index is 211. The standard InChI is InChI=1S/C11H21NO2/c1-6-8-11(5,7-2)12(9(3)13)10(4)14/h6-8H2,1-5H3. The van der Waals surface area contributed by atoms with E-state index in [-0.39, 0.29) is 17.4 Å². The van der Waals surface area contributed by atoms with Crippen molar-refractivity contribution in [1.29, 1.82) is 0 Å². The predicted molar refractivity (Wildman–Crippen MR) is 56.8 cm³/mol. The van der Waals surface area contributed by atoms with E-state index < -0.39 is 0 Å². The predicted octanol–water partition coefficient (Wildman–Crippen LogP) is 2.35. The van der Waals surface area contributed by atoms with Gasteiger partial charge < -0.3 is 0 Å². The Balaban J connectivity index is 4.92. The lowest BCUT2D eigenvalue weighted by molar-refractivity contribution is -0.149. The topological polar surface area (TPSA) is 37.4 Å². The zero-order chi connectivity index (χ0) is 11.4. The van der Waals surface area contributed by atoms with Gasteiger partial charge in [-0.2, -0.15) is 0 Å². The van der Waals surface area contributed by atoms with E-state index in [9.17, 15) is 9.59 Å². The number of rotatable bonds is 4. The van der Waals surface area contributed by atoms with Crippen LogP contribution in [0, 0.1) is 0 Å². The van der Waals surface area contributed by atoms with Crippen molar-refractivity contribution in [2.24, 2.45) is 0 Å². The van der Waals surface area contributed by atoms with Crippen LogP contribution in [0.3, 0.4) is 0 Å². The summed E-state index contributed by atoms with van der Waals surface area (Å²) >= 11 is 0. The Hall–Kier alpha value is -0.860. The third-order valence-corrected chi connectivity index (χ3v) is 2.72. The first-order valence-corrected chi connectivity index (χ1v) is 5.20. The van der Waals surface area contributed by atoms with Crippen molar-refractivity contribution in [2.75, 3.05) is 0 Å². The molecular formula is C11H21NO2. The molecule has 0 fully saturated rings. The van der Waals surface area contributed by atoms with Gasteiger partial charge in [0.25, 0.3) is 0 Å². The lowest BCUT2D eigenvalue weighted by Gasteiger charge is -2.38. The van der Waals surface area contributed by atoms with Crippen LogP contribution in [-0.4, -0.2) is 22.3 Å². The minimum absolute atomic E-state index is 0.157. The molecule has 0 rings (SSSR count). The highest BCUT2D eigenvalue weighted by Gasteiger charge is 2.33. The molecule has 0 aromatic carbocycles. The second kappa shape index (κ2) is 5.13. The molecule has 0 aliphatic carbocycles.